The second kappa shape index (κ2) is 7.43. The van der Waals surface area contributed by atoms with Gasteiger partial charge in [-0.2, -0.15) is 0 Å². The summed E-state index contributed by atoms with van der Waals surface area (Å²) in [6.45, 7) is 2.43. The molecule has 0 saturated heterocycles. The van der Waals surface area contributed by atoms with Gasteiger partial charge in [0, 0.05) is 0 Å². The van der Waals surface area contributed by atoms with Crippen molar-refractivity contribution in [1.29, 1.82) is 0 Å². The van der Waals surface area contributed by atoms with Crippen molar-refractivity contribution in [2.45, 2.75) is 19.8 Å². The Bertz CT molecular complexity index is 570. The Kier molecular flexibility index (Phi) is 5.32. The lowest BCUT2D eigenvalue weighted by atomic mass is 10.0. The van der Waals surface area contributed by atoms with E-state index in [1.807, 2.05) is 30.3 Å². The largest absolute Gasteiger partial charge is 0.490 e. The third kappa shape index (κ3) is 4.05. The van der Waals surface area contributed by atoms with Gasteiger partial charge >= 0.3 is 5.97 Å². The van der Waals surface area contributed by atoms with Crippen molar-refractivity contribution < 1.29 is 19.1 Å². The molecule has 4 heteroatoms. The molecule has 0 amide bonds. The summed E-state index contributed by atoms with van der Waals surface area (Å²) in [5.74, 6) is -0.810. The van der Waals surface area contributed by atoms with E-state index in [2.05, 4.69) is 0 Å². The molecule has 0 spiro atoms. The van der Waals surface area contributed by atoms with Crippen molar-refractivity contribution in [1.82, 2.24) is 0 Å². The van der Waals surface area contributed by atoms with Gasteiger partial charge in [0.25, 0.3) is 0 Å². The van der Waals surface area contributed by atoms with Gasteiger partial charge in [-0.3, -0.25) is 4.79 Å². The molecule has 1 heterocycles. The minimum Gasteiger partial charge on any atom is -0.490 e. The molecule has 2 rings (SSSR count). The van der Waals surface area contributed by atoms with Gasteiger partial charge < -0.3 is 9.47 Å². The number of ketones is 1. The molecule has 0 aliphatic carbocycles. The first-order valence-electron chi connectivity index (χ1n) is 7.04. The van der Waals surface area contributed by atoms with Gasteiger partial charge in [-0.25, -0.2) is 4.79 Å². The fraction of sp³-hybridized carbons (Fsp3) is 0.294. The summed E-state index contributed by atoms with van der Waals surface area (Å²) in [4.78, 5) is 24.5. The lowest BCUT2D eigenvalue weighted by molar-refractivity contribution is -0.139. The van der Waals surface area contributed by atoms with Crippen LogP contribution in [0.15, 0.2) is 47.7 Å². The number of carbonyl (C=O) groups excluding carboxylic acids is 2. The molecule has 0 unspecified atom stereocenters. The predicted molar refractivity (Wildman–Crippen MR) is 79.3 cm³/mol. The molecule has 0 radical (unpaired) electrons. The van der Waals surface area contributed by atoms with Crippen LogP contribution >= 0.6 is 0 Å². The highest BCUT2D eigenvalue weighted by atomic mass is 16.5. The molecule has 0 atom stereocenters. The first kappa shape index (κ1) is 15.0. The summed E-state index contributed by atoms with van der Waals surface area (Å²) in [7, 11) is 0. The fourth-order valence-corrected chi connectivity index (χ4v) is 1.99. The number of carbonyl (C=O) groups is 2. The van der Waals surface area contributed by atoms with E-state index in [9.17, 15) is 9.59 Å². The third-order valence-electron chi connectivity index (χ3n) is 3.01. The van der Waals surface area contributed by atoms with Crippen LogP contribution in [0, 0.1) is 0 Å². The smallest absolute Gasteiger partial charge is 0.342 e. The summed E-state index contributed by atoms with van der Waals surface area (Å²) in [5.41, 5.74) is 0.765. The van der Waals surface area contributed by atoms with E-state index in [0.717, 1.165) is 18.4 Å². The van der Waals surface area contributed by atoms with Crippen LogP contribution in [-0.4, -0.2) is 25.0 Å². The van der Waals surface area contributed by atoms with E-state index >= 15 is 0 Å². The van der Waals surface area contributed by atoms with Crippen molar-refractivity contribution in [3.8, 4) is 0 Å². The summed E-state index contributed by atoms with van der Waals surface area (Å²) in [6, 6.07) is 9.20. The standard InChI is InChI=1S/C17H18O4/c1-2-20-17(19)14(12-13-8-4-3-5-9-13)16(18)15-10-6-7-11-21-15/h3-5,8-10,12H,2,6-7,11H2,1H3/b14-12-. The first-order valence-corrected chi connectivity index (χ1v) is 7.04. The maximum Gasteiger partial charge on any atom is 0.342 e. The van der Waals surface area contributed by atoms with E-state index in [-0.39, 0.29) is 17.9 Å². The average molecular weight is 286 g/mol. The number of esters is 1. The normalized spacial score (nSPS) is 14.9. The molecule has 1 aromatic carbocycles. The van der Waals surface area contributed by atoms with Gasteiger partial charge in [0.15, 0.2) is 5.76 Å². The number of benzene rings is 1. The second-order valence-corrected chi connectivity index (χ2v) is 4.58. The Labute approximate surface area is 124 Å². The van der Waals surface area contributed by atoms with E-state index in [1.165, 1.54) is 0 Å². The van der Waals surface area contributed by atoms with Crippen molar-refractivity contribution in [2.24, 2.45) is 0 Å². The zero-order chi connectivity index (χ0) is 15.1. The van der Waals surface area contributed by atoms with Gasteiger partial charge in [0.1, 0.15) is 5.57 Å². The van der Waals surface area contributed by atoms with E-state index in [1.54, 1.807) is 19.1 Å². The first-order chi connectivity index (χ1) is 10.2. The molecule has 0 saturated carbocycles. The molecule has 1 aliphatic heterocycles. The topological polar surface area (TPSA) is 52.6 Å². The quantitative estimate of drug-likeness (QED) is 0.361. The minimum atomic E-state index is -0.624. The number of ether oxygens (including phenoxy) is 2. The molecular formula is C17H18O4. The van der Waals surface area contributed by atoms with Gasteiger partial charge in [-0.05, 0) is 37.5 Å². The monoisotopic (exact) mass is 286 g/mol. The van der Waals surface area contributed by atoms with Crippen molar-refractivity contribution in [3.63, 3.8) is 0 Å². The summed E-state index contributed by atoms with van der Waals surface area (Å²) in [6.07, 6.45) is 4.93. The maximum atomic E-state index is 12.5. The Morgan fingerprint density at radius 2 is 2.05 bits per heavy atom. The molecule has 0 bridgehead atoms. The molecule has 4 nitrogen and oxygen atoms in total. The number of hydrogen-bond acceptors (Lipinski definition) is 4. The van der Waals surface area contributed by atoms with Crippen LogP contribution < -0.4 is 0 Å². The number of Topliss-reactive ketones (excluding diaryl/α,β-unsaturated/α-hetero) is 1. The summed E-state index contributed by atoms with van der Waals surface area (Å²) in [5, 5.41) is 0. The van der Waals surface area contributed by atoms with Gasteiger partial charge in [0.2, 0.25) is 5.78 Å². The molecule has 1 aromatic rings. The Morgan fingerprint density at radius 1 is 1.29 bits per heavy atom. The fourth-order valence-electron chi connectivity index (χ4n) is 1.99. The van der Waals surface area contributed by atoms with E-state index in [4.69, 9.17) is 9.47 Å². The second-order valence-electron chi connectivity index (χ2n) is 4.58. The Morgan fingerprint density at radius 3 is 2.67 bits per heavy atom. The maximum absolute atomic E-state index is 12.5. The summed E-state index contributed by atoms with van der Waals surface area (Å²) >= 11 is 0. The van der Waals surface area contributed by atoms with Crippen molar-refractivity contribution in [2.75, 3.05) is 13.2 Å². The third-order valence-corrected chi connectivity index (χ3v) is 3.01. The predicted octanol–water partition coefficient (Wildman–Crippen LogP) is 2.90. The van der Waals surface area contributed by atoms with Gasteiger partial charge in [-0.15, -0.1) is 0 Å². The van der Waals surface area contributed by atoms with Crippen LogP contribution in [0.25, 0.3) is 6.08 Å². The van der Waals surface area contributed by atoms with Gasteiger partial charge in [0.05, 0.1) is 13.2 Å². The molecule has 0 aromatic heterocycles. The molecule has 0 fully saturated rings. The number of rotatable bonds is 5. The minimum absolute atomic E-state index is 0.00352. The lowest BCUT2D eigenvalue weighted by Gasteiger charge is -2.14. The van der Waals surface area contributed by atoms with Crippen LogP contribution in [0.5, 0.6) is 0 Å². The number of allylic oxidation sites excluding steroid dienone is 2. The zero-order valence-corrected chi connectivity index (χ0v) is 12.0. The zero-order valence-electron chi connectivity index (χ0n) is 12.0. The highest BCUT2D eigenvalue weighted by Gasteiger charge is 2.25. The molecule has 110 valence electrons. The number of hydrogen-bond donors (Lipinski definition) is 0. The van der Waals surface area contributed by atoms with Crippen LogP contribution in [-0.2, 0) is 19.1 Å². The van der Waals surface area contributed by atoms with Crippen LogP contribution in [0.3, 0.4) is 0 Å². The van der Waals surface area contributed by atoms with E-state index < -0.39 is 11.8 Å². The Balaban J connectivity index is 2.32. The Hall–Kier alpha value is -2.36. The highest BCUT2D eigenvalue weighted by Crippen LogP contribution is 2.18. The van der Waals surface area contributed by atoms with Crippen LogP contribution in [0.2, 0.25) is 0 Å². The van der Waals surface area contributed by atoms with Gasteiger partial charge in [-0.1, -0.05) is 30.3 Å². The van der Waals surface area contributed by atoms with E-state index in [0.29, 0.717) is 6.61 Å². The van der Waals surface area contributed by atoms with Crippen molar-refractivity contribution in [3.05, 3.63) is 53.3 Å². The highest BCUT2D eigenvalue weighted by molar-refractivity contribution is 6.26. The SMILES string of the molecule is CCOC(=O)/C(=C\c1ccccc1)C(=O)C1=CCCCO1. The molecule has 0 N–H and O–H groups in total. The van der Waals surface area contributed by atoms with Crippen LogP contribution in [0.1, 0.15) is 25.3 Å². The molecule has 21 heavy (non-hydrogen) atoms. The summed E-state index contributed by atoms with van der Waals surface area (Å²) < 4.78 is 10.3. The average Bonchev–Trinajstić information content (AvgIpc) is 2.54. The molecular weight excluding hydrogens is 268 g/mol. The lowest BCUT2D eigenvalue weighted by Crippen LogP contribution is -2.20. The van der Waals surface area contributed by atoms with Crippen molar-refractivity contribution >= 4 is 17.8 Å². The van der Waals surface area contributed by atoms with Crippen LogP contribution in [0.4, 0.5) is 0 Å². The molecule has 1 aliphatic rings.